The Balaban J connectivity index is 1.61. The predicted octanol–water partition coefficient (Wildman–Crippen LogP) is 5.88. The van der Waals surface area contributed by atoms with Gasteiger partial charge in [-0.2, -0.15) is 0 Å². The molecule has 0 atom stereocenters. The van der Waals surface area contributed by atoms with Crippen molar-refractivity contribution >= 4 is 33.3 Å². The molecule has 0 saturated carbocycles. The molecule has 36 heavy (non-hydrogen) atoms. The maximum Gasteiger partial charge on any atom is 0.141 e. The van der Waals surface area contributed by atoms with Crippen molar-refractivity contribution < 1.29 is 14.0 Å². The molecule has 186 valence electrons. The van der Waals surface area contributed by atoms with Crippen molar-refractivity contribution in [1.29, 1.82) is 0 Å². The van der Waals surface area contributed by atoms with E-state index in [2.05, 4.69) is 40.7 Å². The van der Waals surface area contributed by atoms with Crippen LogP contribution in [-0.2, 0) is 11.3 Å². The summed E-state index contributed by atoms with van der Waals surface area (Å²) >= 11 is 1.75. The standard InChI is InChI=1S/C27H29N5O3S/c1-14-24(36-17(4)29-14)13-32-26-19-11-23(33-5)20(25-15(2)31-35-16(25)3)10-21(19)28-12-22(26)30-27(32)18-6-8-34-9-7-18/h10-12,18H,6-9,13H2,1-5H3. The summed E-state index contributed by atoms with van der Waals surface area (Å²) in [6, 6.07) is 4.16. The second-order valence-corrected chi connectivity index (χ2v) is 10.7. The third-order valence-electron chi connectivity index (χ3n) is 7.11. The molecule has 4 aromatic heterocycles. The molecule has 5 heterocycles. The molecule has 0 aliphatic carbocycles. The van der Waals surface area contributed by atoms with E-state index in [0.717, 1.165) is 99.4 Å². The molecule has 9 heteroatoms. The smallest absolute Gasteiger partial charge is 0.141 e. The number of thiazole rings is 1. The van der Waals surface area contributed by atoms with Crippen LogP contribution in [0.25, 0.3) is 33.1 Å². The molecule has 0 bridgehead atoms. The van der Waals surface area contributed by atoms with Crippen molar-refractivity contribution in [2.24, 2.45) is 0 Å². The largest absolute Gasteiger partial charge is 0.496 e. The minimum absolute atomic E-state index is 0.346. The molecular formula is C27H29N5O3S. The third-order valence-corrected chi connectivity index (χ3v) is 8.17. The van der Waals surface area contributed by atoms with E-state index < -0.39 is 0 Å². The Morgan fingerprint density at radius 2 is 1.86 bits per heavy atom. The molecule has 1 saturated heterocycles. The molecular weight excluding hydrogens is 474 g/mol. The number of hydrogen-bond donors (Lipinski definition) is 0. The molecule has 1 aromatic carbocycles. The summed E-state index contributed by atoms with van der Waals surface area (Å²) in [6.45, 7) is 10.3. The minimum atomic E-state index is 0.346. The average molecular weight is 504 g/mol. The molecule has 1 aliphatic heterocycles. The monoisotopic (exact) mass is 503 g/mol. The number of ether oxygens (including phenoxy) is 2. The highest BCUT2D eigenvalue weighted by Crippen LogP contribution is 2.40. The van der Waals surface area contributed by atoms with E-state index in [4.69, 9.17) is 24.0 Å². The van der Waals surface area contributed by atoms with E-state index in [0.29, 0.717) is 5.92 Å². The maximum absolute atomic E-state index is 5.89. The van der Waals surface area contributed by atoms with E-state index in [1.807, 2.05) is 20.0 Å². The molecule has 0 unspecified atom stereocenters. The van der Waals surface area contributed by atoms with Crippen LogP contribution in [0.4, 0.5) is 0 Å². The van der Waals surface area contributed by atoms with Crippen molar-refractivity contribution in [3.05, 3.63) is 51.2 Å². The van der Waals surface area contributed by atoms with Crippen LogP contribution in [0.15, 0.2) is 22.9 Å². The molecule has 0 spiro atoms. The molecule has 1 aliphatic rings. The lowest BCUT2D eigenvalue weighted by molar-refractivity contribution is 0.0830. The fourth-order valence-corrected chi connectivity index (χ4v) is 6.31. The highest BCUT2D eigenvalue weighted by Gasteiger charge is 2.26. The highest BCUT2D eigenvalue weighted by molar-refractivity contribution is 7.11. The summed E-state index contributed by atoms with van der Waals surface area (Å²) in [5.41, 5.74) is 6.64. The number of rotatable bonds is 5. The number of pyridine rings is 1. The van der Waals surface area contributed by atoms with Gasteiger partial charge in [0.05, 0.1) is 52.8 Å². The predicted molar refractivity (Wildman–Crippen MR) is 140 cm³/mol. The Kier molecular flexibility index (Phi) is 5.76. The van der Waals surface area contributed by atoms with Gasteiger partial charge in [-0.15, -0.1) is 11.3 Å². The summed E-state index contributed by atoms with van der Waals surface area (Å²) in [6.07, 6.45) is 3.83. The van der Waals surface area contributed by atoms with Crippen molar-refractivity contribution in [3.8, 4) is 16.9 Å². The summed E-state index contributed by atoms with van der Waals surface area (Å²) < 4.78 is 19.4. The molecule has 1 fully saturated rings. The highest BCUT2D eigenvalue weighted by atomic mass is 32.1. The summed E-state index contributed by atoms with van der Waals surface area (Å²) in [7, 11) is 1.70. The number of aromatic nitrogens is 5. The van der Waals surface area contributed by atoms with Crippen LogP contribution < -0.4 is 4.74 Å². The molecule has 6 rings (SSSR count). The topological polar surface area (TPSA) is 88.1 Å². The fraction of sp³-hybridized carbons (Fsp3) is 0.407. The van der Waals surface area contributed by atoms with Crippen LogP contribution in [0.1, 0.15) is 51.6 Å². The lowest BCUT2D eigenvalue weighted by Gasteiger charge is -2.23. The zero-order valence-electron chi connectivity index (χ0n) is 21.2. The lowest BCUT2D eigenvalue weighted by Crippen LogP contribution is -2.18. The van der Waals surface area contributed by atoms with E-state index in [-0.39, 0.29) is 0 Å². The van der Waals surface area contributed by atoms with Gasteiger partial charge >= 0.3 is 0 Å². The second kappa shape index (κ2) is 8.97. The quantitative estimate of drug-likeness (QED) is 0.296. The number of nitrogens with zero attached hydrogens (tertiary/aromatic N) is 5. The number of hydrogen-bond acceptors (Lipinski definition) is 8. The van der Waals surface area contributed by atoms with Crippen LogP contribution in [0, 0.1) is 27.7 Å². The maximum atomic E-state index is 5.89. The van der Waals surface area contributed by atoms with Gasteiger partial charge in [-0.1, -0.05) is 5.16 Å². The van der Waals surface area contributed by atoms with Gasteiger partial charge in [0.1, 0.15) is 22.9 Å². The van der Waals surface area contributed by atoms with Crippen molar-refractivity contribution in [2.75, 3.05) is 20.3 Å². The van der Waals surface area contributed by atoms with Gasteiger partial charge in [0.2, 0.25) is 0 Å². The number of methoxy groups -OCH3 is 1. The lowest BCUT2D eigenvalue weighted by atomic mass is 9.99. The summed E-state index contributed by atoms with van der Waals surface area (Å²) in [5.74, 6) is 2.96. The van der Waals surface area contributed by atoms with Gasteiger partial charge in [0.25, 0.3) is 0 Å². The fourth-order valence-electron chi connectivity index (χ4n) is 5.38. The van der Waals surface area contributed by atoms with E-state index in [9.17, 15) is 0 Å². The zero-order valence-corrected chi connectivity index (χ0v) is 22.0. The molecule has 0 radical (unpaired) electrons. The SMILES string of the molecule is COc1cc2c(cc1-c1c(C)noc1C)ncc1nc(C3CCOCC3)n(Cc3sc(C)nc3C)c12. The van der Waals surface area contributed by atoms with E-state index in [1.165, 1.54) is 4.88 Å². The summed E-state index contributed by atoms with van der Waals surface area (Å²) in [4.78, 5) is 15.9. The first-order valence-electron chi connectivity index (χ1n) is 12.3. The van der Waals surface area contributed by atoms with Crippen molar-refractivity contribution in [2.45, 2.75) is 53.0 Å². The van der Waals surface area contributed by atoms with Crippen molar-refractivity contribution in [3.63, 3.8) is 0 Å². The minimum Gasteiger partial charge on any atom is -0.496 e. The third kappa shape index (κ3) is 3.77. The Morgan fingerprint density at radius 3 is 2.53 bits per heavy atom. The Labute approximate surface area is 213 Å². The van der Waals surface area contributed by atoms with Gasteiger partial charge in [0.15, 0.2) is 0 Å². The Bertz CT molecular complexity index is 1570. The summed E-state index contributed by atoms with van der Waals surface area (Å²) in [5, 5.41) is 6.24. The van der Waals surface area contributed by atoms with Gasteiger partial charge in [-0.3, -0.25) is 4.98 Å². The van der Waals surface area contributed by atoms with Crippen LogP contribution in [0.5, 0.6) is 5.75 Å². The van der Waals surface area contributed by atoms with Gasteiger partial charge in [-0.05, 0) is 52.7 Å². The van der Waals surface area contributed by atoms with Crippen LogP contribution in [0.2, 0.25) is 0 Å². The number of fused-ring (bicyclic) bond motifs is 3. The van der Waals surface area contributed by atoms with Crippen LogP contribution in [0.3, 0.4) is 0 Å². The van der Waals surface area contributed by atoms with Gasteiger partial charge in [-0.25, -0.2) is 9.97 Å². The first kappa shape index (κ1) is 23.1. The first-order valence-corrected chi connectivity index (χ1v) is 13.1. The normalized spacial score (nSPS) is 14.8. The van der Waals surface area contributed by atoms with E-state index in [1.54, 1.807) is 18.4 Å². The zero-order chi connectivity index (χ0) is 25.0. The number of aryl methyl sites for hydroxylation is 4. The van der Waals surface area contributed by atoms with Crippen LogP contribution >= 0.6 is 11.3 Å². The Morgan fingerprint density at radius 1 is 1.06 bits per heavy atom. The second-order valence-electron chi connectivity index (χ2n) is 9.45. The van der Waals surface area contributed by atoms with E-state index >= 15 is 0 Å². The first-order chi connectivity index (χ1) is 17.4. The molecule has 8 nitrogen and oxygen atoms in total. The van der Waals surface area contributed by atoms with Crippen LogP contribution in [-0.4, -0.2) is 45.0 Å². The molecule has 5 aromatic rings. The Hall–Kier alpha value is -3.30. The number of benzene rings is 1. The molecule has 0 N–H and O–H groups in total. The number of imidazole rings is 1. The van der Waals surface area contributed by atoms with Gasteiger partial charge in [0, 0.05) is 35.0 Å². The average Bonchev–Trinajstić information content (AvgIpc) is 3.53. The van der Waals surface area contributed by atoms with Crippen molar-refractivity contribution in [1.82, 2.24) is 24.7 Å². The van der Waals surface area contributed by atoms with Gasteiger partial charge < -0.3 is 18.6 Å². The molecule has 0 amide bonds.